The van der Waals surface area contributed by atoms with Crippen molar-refractivity contribution in [2.24, 2.45) is 0 Å². The van der Waals surface area contributed by atoms with E-state index in [4.69, 9.17) is 4.74 Å². The van der Waals surface area contributed by atoms with Gasteiger partial charge in [-0.05, 0) is 54.8 Å². The fourth-order valence-electron chi connectivity index (χ4n) is 2.07. The normalized spacial score (nSPS) is 14.4. The van der Waals surface area contributed by atoms with Gasteiger partial charge in [-0.3, -0.25) is 0 Å². The Balaban J connectivity index is 1.62. The predicted molar refractivity (Wildman–Crippen MR) is 93.0 cm³/mol. The standard InChI is InChI=1S/C17H16BrNO4S/c18-14-5-1-12(2-6-14)11-23-17(20)13-3-9-16(10-4-13)24(21,22)19-15-7-8-15/h1-6,9-10,15,19H,7-8,11H2. The molecule has 1 N–H and O–H groups in total. The summed E-state index contributed by atoms with van der Waals surface area (Å²) in [6.45, 7) is 0.162. The summed E-state index contributed by atoms with van der Waals surface area (Å²) < 4.78 is 32.9. The van der Waals surface area contributed by atoms with Crippen molar-refractivity contribution in [3.8, 4) is 0 Å². The monoisotopic (exact) mass is 409 g/mol. The molecule has 0 unspecified atom stereocenters. The zero-order chi connectivity index (χ0) is 17.2. The number of esters is 1. The number of rotatable bonds is 6. The first-order valence-electron chi connectivity index (χ1n) is 7.48. The van der Waals surface area contributed by atoms with Crippen molar-refractivity contribution in [3.05, 3.63) is 64.1 Å². The van der Waals surface area contributed by atoms with E-state index in [0.717, 1.165) is 22.9 Å². The van der Waals surface area contributed by atoms with E-state index in [-0.39, 0.29) is 17.5 Å². The van der Waals surface area contributed by atoms with E-state index in [1.165, 1.54) is 24.3 Å². The molecule has 2 aromatic rings. The van der Waals surface area contributed by atoms with Gasteiger partial charge in [-0.1, -0.05) is 28.1 Å². The molecule has 0 bridgehead atoms. The molecule has 0 heterocycles. The maximum atomic E-state index is 12.1. The maximum absolute atomic E-state index is 12.1. The van der Waals surface area contributed by atoms with Crippen LogP contribution in [0.2, 0.25) is 0 Å². The summed E-state index contributed by atoms with van der Waals surface area (Å²) in [6, 6.07) is 13.3. The van der Waals surface area contributed by atoms with Gasteiger partial charge in [0.15, 0.2) is 0 Å². The summed E-state index contributed by atoms with van der Waals surface area (Å²) in [6.07, 6.45) is 1.75. The van der Waals surface area contributed by atoms with Crippen LogP contribution in [0.4, 0.5) is 0 Å². The number of benzene rings is 2. The Morgan fingerprint density at radius 3 is 2.29 bits per heavy atom. The van der Waals surface area contributed by atoms with Crippen molar-refractivity contribution in [1.82, 2.24) is 4.72 Å². The quantitative estimate of drug-likeness (QED) is 0.743. The van der Waals surface area contributed by atoms with Gasteiger partial charge in [-0.15, -0.1) is 0 Å². The van der Waals surface area contributed by atoms with E-state index in [1.807, 2.05) is 24.3 Å². The van der Waals surface area contributed by atoms with Gasteiger partial charge in [0.1, 0.15) is 6.61 Å². The molecular weight excluding hydrogens is 394 g/mol. The number of nitrogens with one attached hydrogen (secondary N) is 1. The van der Waals surface area contributed by atoms with Crippen molar-refractivity contribution < 1.29 is 17.9 Å². The Morgan fingerprint density at radius 2 is 1.71 bits per heavy atom. The van der Waals surface area contributed by atoms with Crippen molar-refractivity contribution in [2.75, 3.05) is 0 Å². The van der Waals surface area contributed by atoms with Crippen molar-refractivity contribution in [2.45, 2.75) is 30.4 Å². The highest BCUT2D eigenvalue weighted by Crippen LogP contribution is 2.22. The number of carbonyl (C=O) groups is 1. The van der Waals surface area contributed by atoms with Gasteiger partial charge >= 0.3 is 5.97 Å². The molecule has 0 amide bonds. The number of carbonyl (C=O) groups excluding carboxylic acids is 1. The minimum atomic E-state index is -3.51. The summed E-state index contributed by atoms with van der Waals surface area (Å²) in [4.78, 5) is 12.2. The first kappa shape index (κ1) is 17.1. The maximum Gasteiger partial charge on any atom is 0.338 e. The van der Waals surface area contributed by atoms with E-state index >= 15 is 0 Å². The van der Waals surface area contributed by atoms with Crippen LogP contribution in [-0.4, -0.2) is 20.4 Å². The molecule has 24 heavy (non-hydrogen) atoms. The largest absolute Gasteiger partial charge is 0.457 e. The molecule has 0 saturated heterocycles. The second-order valence-corrected chi connectivity index (χ2v) is 8.25. The van der Waals surface area contributed by atoms with Crippen LogP contribution in [0, 0.1) is 0 Å². The lowest BCUT2D eigenvalue weighted by Crippen LogP contribution is -2.25. The molecule has 1 saturated carbocycles. The molecule has 5 nitrogen and oxygen atoms in total. The molecule has 0 aliphatic heterocycles. The average molecular weight is 410 g/mol. The van der Waals surface area contributed by atoms with Crippen molar-refractivity contribution >= 4 is 31.9 Å². The van der Waals surface area contributed by atoms with E-state index in [2.05, 4.69) is 20.7 Å². The Kier molecular flexibility index (Phi) is 5.03. The molecular formula is C17H16BrNO4S. The van der Waals surface area contributed by atoms with E-state index < -0.39 is 16.0 Å². The van der Waals surface area contributed by atoms with Gasteiger partial charge in [0, 0.05) is 10.5 Å². The van der Waals surface area contributed by atoms with Gasteiger partial charge in [0.25, 0.3) is 0 Å². The molecule has 7 heteroatoms. The molecule has 1 aliphatic rings. The average Bonchev–Trinajstić information content (AvgIpc) is 3.37. The fourth-order valence-corrected chi connectivity index (χ4v) is 3.64. The van der Waals surface area contributed by atoms with Crippen LogP contribution in [0.1, 0.15) is 28.8 Å². The van der Waals surface area contributed by atoms with Crippen LogP contribution in [-0.2, 0) is 21.4 Å². The molecule has 1 aliphatic carbocycles. The van der Waals surface area contributed by atoms with Crippen LogP contribution < -0.4 is 4.72 Å². The van der Waals surface area contributed by atoms with E-state index in [0.29, 0.717) is 5.56 Å². The van der Waals surface area contributed by atoms with E-state index in [1.54, 1.807) is 0 Å². The van der Waals surface area contributed by atoms with Crippen LogP contribution in [0.15, 0.2) is 57.9 Å². The third-order valence-electron chi connectivity index (χ3n) is 3.58. The Labute approximate surface area is 149 Å². The van der Waals surface area contributed by atoms with Crippen LogP contribution in [0.25, 0.3) is 0 Å². The SMILES string of the molecule is O=C(OCc1ccc(Br)cc1)c1ccc(S(=O)(=O)NC2CC2)cc1. The highest BCUT2D eigenvalue weighted by molar-refractivity contribution is 9.10. The third kappa shape index (κ3) is 4.43. The van der Waals surface area contributed by atoms with Gasteiger partial charge in [0.05, 0.1) is 10.5 Å². The van der Waals surface area contributed by atoms with Crippen LogP contribution in [0.5, 0.6) is 0 Å². The Morgan fingerprint density at radius 1 is 1.08 bits per heavy atom. The molecule has 0 atom stereocenters. The number of halogens is 1. The molecule has 1 fully saturated rings. The molecule has 126 valence electrons. The summed E-state index contributed by atoms with van der Waals surface area (Å²) >= 11 is 3.34. The summed E-state index contributed by atoms with van der Waals surface area (Å²) in [5.41, 5.74) is 1.19. The molecule has 2 aromatic carbocycles. The second kappa shape index (κ2) is 7.04. The number of sulfonamides is 1. The lowest BCUT2D eigenvalue weighted by molar-refractivity contribution is 0.0472. The number of hydrogen-bond acceptors (Lipinski definition) is 4. The molecule has 0 aromatic heterocycles. The highest BCUT2D eigenvalue weighted by Gasteiger charge is 2.28. The van der Waals surface area contributed by atoms with Crippen molar-refractivity contribution in [3.63, 3.8) is 0 Å². The summed E-state index contributed by atoms with van der Waals surface area (Å²) in [5, 5.41) is 0. The second-order valence-electron chi connectivity index (χ2n) is 5.62. The lowest BCUT2D eigenvalue weighted by atomic mass is 10.2. The van der Waals surface area contributed by atoms with Crippen molar-refractivity contribution in [1.29, 1.82) is 0 Å². The molecule has 3 rings (SSSR count). The van der Waals surface area contributed by atoms with Crippen LogP contribution >= 0.6 is 15.9 Å². The van der Waals surface area contributed by atoms with Gasteiger partial charge < -0.3 is 4.74 Å². The van der Waals surface area contributed by atoms with E-state index in [9.17, 15) is 13.2 Å². The summed E-state index contributed by atoms with van der Waals surface area (Å²) in [7, 11) is -3.51. The lowest BCUT2D eigenvalue weighted by Gasteiger charge is -2.07. The van der Waals surface area contributed by atoms with Gasteiger partial charge in [0.2, 0.25) is 10.0 Å². The zero-order valence-corrected chi connectivity index (χ0v) is 15.1. The minimum absolute atomic E-state index is 0.0468. The Bertz CT molecular complexity index is 828. The number of hydrogen-bond donors (Lipinski definition) is 1. The Hall–Kier alpha value is -1.70. The highest BCUT2D eigenvalue weighted by atomic mass is 79.9. The number of ether oxygens (including phenoxy) is 1. The van der Waals surface area contributed by atoms with Gasteiger partial charge in [-0.2, -0.15) is 0 Å². The minimum Gasteiger partial charge on any atom is -0.457 e. The zero-order valence-electron chi connectivity index (χ0n) is 12.7. The molecule has 0 spiro atoms. The fraction of sp³-hybridized carbons (Fsp3) is 0.235. The first-order chi connectivity index (χ1) is 11.4. The summed E-state index contributed by atoms with van der Waals surface area (Å²) in [5.74, 6) is -0.489. The predicted octanol–water partition coefficient (Wildman–Crippen LogP) is 3.25. The third-order valence-corrected chi connectivity index (χ3v) is 5.65. The van der Waals surface area contributed by atoms with Gasteiger partial charge in [-0.25, -0.2) is 17.9 Å². The smallest absolute Gasteiger partial charge is 0.338 e. The van der Waals surface area contributed by atoms with Crippen LogP contribution in [0.3, 0.4) is 0 Å². The topological polar surface area (TPSA) is 72.5 Å². The first-order valence-corrected chi connectivity index (χ1v) is 9.76. The molecule has 0 radical (unpaired) electrons.